The quantitative estimate of drug-likeness (QED) is 0.404. The summed E-state index contributed by atoms with van der Waals surface area (Å²) in [6, 6.07) is 0. The van der Waals surface area contributed by atoms with Gasteiger partial charge in [-0.2, -0.15) is 0 Å². The molecule has 0 aromatic carbocycles. The molecule has 8 nitrogen and oxygen atoms in total. The van der Waals surface area contributed by atoms with Crippen LogP contribution in [0.5, 0.6) is 0 Å². The van der Waals surface area contributed by atoms with E-state index in [9.17, 15) is 9.59 Å². The number of imide groups is 1. The minimum atomic E-state index is -0.885. The summed E-state index contributed by atoms with van der Waals surface area (Å²) >= 11 is 0. The monoisotopic (exact) mass is 292 g/mol. The van der Waals surface area contributed by atoms with Crippen molar-refractivity contribution in [2.24, 2.45) is 5.84 Å². The third-order valence-electron chi connectivity index (χ3n) is 3.66. The zero-order chi connectivity index (χ0) is 15.8. The molecular formula is C13H20N6O2. The number of nitrogen functional groups attached to an aromatic ring is 1. The van der Waals surface area contributed by atoms with Gasteiger partial charge in [0.2, 0.25) is 5.91 Å². The summed E-state index contributed by atoms with van der Waals surface area (Å²) in [5.41, 5.74) is 2.35. The maximum absolute atomic E-state index is 12.1. The largest absolute Gasteiger partial charge is 0.333 e. The zero-order valence-electron chi connectivity index (χ0n) is 12.6. The van der Waals surface area contributed by atoms with Gasteiger partial charge < -0.3 is 10.3 Å². The van der Waals surface area contributed by atoms with Crippen LogP contribution >= 0.6 is 0 Å². The second-order valence-electron chi connectivity index (χ2n) is 5.46. The number of hydrogen-bond donors (Lipinski definition) is 3. The molecule has 0 radical (unpaired) electrons. The van der Waals surface area contributed by atoms with Gasteiger partial charge in [-0.05, 0) is 20.8 Å². The molecule has 4 N–H and O–H groups in total. The fourth-order valence-corrected chi connectivity index (χ4v) is 2.23. The number of nitrogens with two attached hydrogens (primary N) is 1. The molecule has 0 saturated carbocycles. The van der Waals surface area contributed by atoms with E-state index in [1.807, 2.05) is 6.92 Å². The van der Waals surface area contributed by atoms with Crippen molar-refractivity contribution in [3.05, 3.63) is 11.4 Å². The number of aromatic nitrogens is 2. The van der Waals surface area contributed by atoms with E-state index >= 15 is 0 Å². The number of carbonyl (C=O) groups is 2. The first-order valence-corrected chi connectivity index (χ1v) is 6.77. The van der Waals surface area contributed by atoms with Gasteiger partial charge in [0.05, 0.1) is 6.54 Å². The summed E-state index contributed by atoms with van der Waals surface area (Å²) < 4.78 is 0. The normalized spacial score (nSPS) is 17.7. The molecule has 0 aliphatic carbocycles. The average molecular weight is 292 g/mol. The Kier molecular flexibility index (Phi) is 3.82. The van der Waals surface area contributed by atoms with Crippen LogP contribution in [0, 0.1) is 6.92 Å². The van der Waals surface area contributed by atoms with Crippen molar-refractivity contribution < 1.29 is 9.59 Å². The number of amides is 2. The van der Waals surface area contributed by atoms with Gasteiger partial charge in [0, 0.05) is 12.0 Å². The summed E-state index contributed by atoms with van der Waals surface area (Å²) in [7, 11) is 0. The smallest absolute Gasteiger partial charge is 0.251 e. The van der Waals surface area contributed by atoms with Crippen LogP contribution in [0.3, 0.4) is 0 Å². The summed E-state index contributed by atoms with van der Waals surface area (Å²) in [6.45, 7) is 7.28. The lowest BCUT2D eigenvalue weighted by Gasteiger charge is -2.41. The van der Waals surface area contributed by atoms with Gasteiger partial charge in [-0.25, -0.2) is 15.8 Å². The molecule has 2 heterocycles. The van der Waals surface area contributed by atoms with Gasteiger partial charge in [0.15, 0.2) is 0 Å². The molecule has 2 amide bonds. The van der Waals surface area contributed by atoms with Crippen molar-refractivity contribution in [3.63, 3.8) is 0 Å². The zero-order valence-corrected chi connectivity index (χ0v) is 12.6. The van der Waals surface area contributed by atoms with Gasteiger partial charge in [-0.15, -0.1) is 0 Å². The molecule has 1 saturated heterocycles. The highest BCUT2D eigenvalue weighted by molar-refractivity contribution is 6.06. The molecule has 0 bridgehead atoms. The van der Waals surface area contributed by atoms with Crippen LogP contribution in [0.1, 0.15) is 32.2 Å². The molecule has 1 aliphatic heterocycles. The van der Waals surface area contributed by atoms with Crippen molar-refractivity contribution >= 4 is 23.5 Å². The molecule has 1 aliphatic rings. The molecule has 114 valence electrons. The number of nitrogens with zero attached hydrogens (tertiary/aromatic N) is 3. The summed E-state index contributed by atoms with van der Waals surface area (Å²) in [6.07, 6.45) is 0.621. The van der Waals surface area contributed by atoms with Gasteiger partial charge in [-0.3, -0.25) is 14.9 Å². The Morgan fingerprint density at radius 1 is 1.38 bits per heavy atom. The van der Waals surface area contributed by atoms with Gasteiger partial charge in [0.25, 0.3) is 5.91 Å². The molecule has 1 aromatic heterocycles. The molecule has 0 spiro atoms. The highest BCUT2D eigenvalue weighted by Crippen LogP contribution is 2.30. The van der Waals surface area contributed by atoms with E-state index < -0.39 is 5.54 Å². The molecule has 1 fully saturated rings. The summed E-state index contributed by atoms with van der Waals surface area (Å²) in [4.78, 5) is 34.2. The lowest BCUT2D eigenvalue weighted by Crippen LogP contribution is -2.64. The van der Waals surface area contributed by atoms with Crippen molar-refractivity contribution in [2.75, 3.05) is 16.9 Å². The van der Waals surface area contributed by atoms with E-state index in [0.29, 0.717) is 29.4 Å². The van der Waals surface area contributed by atoms with Crippen molar-refractivity contribution in [3.8, 4) is 0 Å². The Balaban J connectivity index is 2.58. The first-order chi connectivity index (χ1) is 9.81. The number of hydrogen-bond acceptors (Lipinski definition) is 7. The Hall–Kier alpha value is -2.22. The molecule has 0 unspecified atom stereocenters. The van der Waals surface area contributed by atoms with Crippen LogP contribution in [0.15, 0.2) is 0 Å². The lowest BCUT2D eigenvalue weighted by atomic mass is 9.98. The number of carbonyl (C=O) groups excluding carboxylic acids is 2. The van der Waals surface area contributed by atoms with E-state index in [0.717, 1.165) is 0 Å². The van der Waals surface area contributed by atoms with Gasteiger partial charge in [-0.1, -0.05) is 6.92 Å². The molecular weight excluding hydrogens is 272 g/mol. The Bertz CT molecular complexity index is 599. The van der Waals surface area contributed by atoms with Crippen LogP contribution in [-0.2, 0) is 16.0 Å². The van der Waals surface area contributed by atoms with E-state index in [-0.39, 0.29) is 18.4 Å². The predicted molar refractivity (Wildman–Crippen MR) is 78.5 cm³/mol. The number of rotatable bonds is 3. The standard InChI is InChI=1S/C13H20N6O2/c1-5-8-15-10(18-14)7(2)11(16-8)19-6-9(20)17-12(21)13(19,3)4/h5-6,14H2,1-4H3,(H,15,16,18)(H,17,20,21). The fourth-order valence-electron chi connectivity index (χ4n) is 2.23. The maximum Gasteiger partial charge on any atom is 0.251 e. The molecule has 2 rings (SSSR count). The summed E-state index contributed by atoms with van der Waals surface area (Å²) in [5.74, 6) is 6.42. The Labute approximate surface area is 123 Å². The minimum Gasteiger partial charge on any atom is -0.333 e. The number of aryl methyl sites for hydroxylation is 1. The van der Waals surface area contributed by atoms with E-state index in [2.05, 4.69) is 20.7 Å². The first kappa shape index (κ1) is 15.2. The van der Waals surface area contributed by atoms with Crippen molar-refractivity contribution in [1.29, 1.82) is 0 Å². The second kappa shape index (κ2) is 5.28. The van der Waals surface area contributed by atoms with Crippen LogP contribution in [-0.4, -0.2) is 33.9 Å². The molecule has 21 heavy (non-hydrogen) atoms. The first-order valence-electron chi connectivity index (χ1n) is 6.77. The van der Waals surface area contributed by atoms with E-state index in [4.69, 9.17) is 5.84 Å². The maximum atomic E-state index is 12.1. The van der Waals surface area contributed by atoms with Gasteiger partial charge >= 0.3 is 0 Å². The second-order valence-corrected chi connectivity index (χ2v) is 5.46. The SMILES string of the molecule is CCc1nc(NN)c(C)c(N2CC(=O)NC(=O)C2(C)C)n1. The fraction of sp³-hybridized carbons (Fsp3) is 0.538. The lowest BCUT2D eigenvalue weighted by molar-refractivity contribution is -0.135. The molecule has 0 atom stereocenters. The van der Waals surface area contributed by atoms with Crippen LogP contribution < -0.4 is 21.5 Å². The third kappa shape index (κ3) is 2.54. The predicted octanol–water partition coefficient (Wildman–Crippen LogP) is -0.126. The number of piperazine rings is 1. The molecule has 8 heteroatoms. The van der Waals surface area contributed by atoms with Crippen LogP contribution in [0.4, 0.5) is 11.6 Å². The highest BCUT2D eigenvalue weighted by Gasteiger charge is 2.42. The van der Waals surface area contributed by atoms with Crippen LogP contribution in [0.2, 0.25) is 0 Å². The average Bonchev–Trinajstić information content (AvgIpc) is 2.43. The topological polar surface area (TPSA) is 113 Å². The number of anilines is 2. The van der Waals surface area contributed by atoms with E-state index in [1.54, 1.807) is 25.7 Å². The van der Waals surface area contributed by atoms with Crippen molar-refractivity contribution in [2.45, 2.75) is 39.7 Å². The minimum absolute atomic E-state index is 0.0593. The Morgan fingerprint density at radius 3 is 2.62 bits per heavy atom. The van der Waals surface area contributed by atoms with Crippen LogP contribution in [0.25, 0.3) is 0 Å². The van der Waals surface area contributed by atoms with Crippen molar-refractivity contribution in [1.82, 2.24) is 15.3 Å². The molecule has 1 aromatic rings. The Morgan fingerprint density at radius 2 is 2.05 bits per heavy atom. The third-order valence-corrected chi connectivity index (χ3v) is 3.66. The number of nitrogens with one attached hydrogen (secondary N) is 2. The van der Waals surface area contributed by atoms with E-state index in [1.165, 1.54) is 0 Å². The summed E-state index contributed by atoms with van der Waals surface area (Å²) in [5, 5.41) is 2.34. The highest BCUT2D eigenvalue weighted by atomic mass is 16.2. The number of hydrazine groups is 1. The van der Waals surface area contributed by atoms with Gasteiger partial charge in [0.1, 0.15) is 23.0 Å².